The number of carbonyl (C=O) groups is 3. The molecule has 57 heavy (non-hydrogen) atoms. The molecule has 5 aromatic rings. The normalized spacial score (nSPS) is 13.0. The highest BCUT2D eigenvalue weighted by Crippen LogP contribution is 2.48. The summed E-state index contributed by atoms with van der Waals surface area (Å²) in [7, 11) is 0. The maximum Gasteiger partial charge on any atom is 0.387 e. The number of aromatic nitrogens is 3. The maximum atomic E-state index is 13.1. The molecule has 0 unspecified atom stereocenters. The van der Waals surface area contributed by atoms with E-state index in [0.29, 0.717) is 21.8 Å². The van der Waals surface area contributed by atoms with E-state index in [4.69, 9.17) is 16.3 Å². The Morgan fingerprint density at radius 3 is 2.09 bits per heavy atom. The number of ether oxygens (including phenoxy) is 2. The fourth-order valence-corrected chi connectivity index (χ4v) is 5.88. The van der Waals surface area contributed by atoms with Gasteiger partial charge in [-0.2, -0.15) is 23.7 Å². The number of nitrogens with one attached hydrogen (secondary N) is 4. The van der Waals surface area contributed by atoms with Crippen LogP contribution in [0, 0.1) is 12.3 Å². The molecule has 15 heteroatoms. The quantitative estimate of drug-likeness (QED) is 0.0654. The summed E-state index contributed by atoms with van der Waals surface area (Å²) in [4.78, 5) is 51.6. The van der Waals surface area contributed by atoms with Gasteiger partial charge in [0.15, 0.2) is 0 Å². The Kier molecular flexibility index (Phi) is 12.6. The number of anilines is 3. The summed E-state index contributed by atoms with van der Waals surface area (Å²) in [5, 5.41) is 12.8. The summed E-state index contributed by atoms with van der Waals surface area (Å²) < 4.78 is 35.5. The molecule has 1 aliphatic rings. The first kappa shape index (κ1) is 40.5. The van der Waals surface area contributed by atoms with Crippen LogP contribution in [0.2, 0.25) is 5.02 Å². The number of halogens is 3. The summed E-state index contributed by atoms with van der Waals surface area (Å²) in [6.07, 6.45) is 1.70. The molecule has 12 nitrogen and oxygen atoms in total. The third-order valence-electron chi connectivity index (χ3n) is 9.23. The van der Waals surface area contributed by atoms with E-state index in [-0.39, 0.29) is 55.7 Å². The van der Waals surface area contributed by atoms with Gasteiger partial charge in [-0.3, -0.25) is 14.4 Å². The molecule has 1 saturated carbocycles. The van der Waals surface area contributed by atoms with Gasteiger partial charge < -0.3 is 30.7 Å². The Morgan fingerprint density at radius 2 is 1.44 bits per heavy atom. The first-order chi connectivity index (χ1) is 27.2. The maximum absolute atomic E-state index is 13.1. The van der Waals surface area contributed by atoms with Crippen LogP contribution in [-0.4, -0.2) is 52.3 Å². The second-order valence-corrected chi connectivity index (χ2v) is 15.0. The van der Waals surface area contributed by atoms with Crippen LogP contribution < -0.4 is 30.7 Å². The van der Waals surface area contributed by atoms with Crippen LogP contribution in [0.5, 0.6) is 11.8 Å². The topological polar surface area (TPSA) is 156 Å². The van der Waals surface area contributed by atoms with Crippen LogP contribution in [0.1, 0.15) is 59.3 Å². The van der Waals surface area contributed by atoms with Gasteiger partial charge >= 0.3 is 12.6 Å². The highest BCUT2D eigenvalue weighted by molar-refractivity contribution is 6.36. The smallest absolute Gasteiger partial charge is 0.387 e. The fourth-order valence-electron chi connectivity index (χ4n) is 5.75. The number of alkyl halides is 2. The van der Waals surface area contributed by atoms with Gasteiger partial charge in [0.05, 0.1) is 5.54 Å². The van der Waals surface area contributed by atoms with Crippen molar-refractivity contribution in [3.8, 4) is 11.8 Å². The van der Waals surface area contributed by atoms with Crippen molar-refractivity contribution in [2.45, 2.75) is 58.8 Å². The lowest BCUT2D eigenvalue weighted by Gasteiger charge is -2.25. The van der Waals surface area contributed by atoms with Gasteiger partial charge in [-0.05, 0) is 90.4 Å². The molecular formula is C42H42ClF2N7O5. The van der Waals surface area contributed by atoms with Crippen LogP contribution in [0.15, 0.2) is 97.1 Å². The summed E-state index contributed by atoms with van der Waals surface area (Å²) in [5.74, 6) is -1.04. The van der Waals surface area contributed by atoms with Crippen molar-refractivity contribution in [3.63, 3.8) is 0 Å². The van der Waals surface area contributed by atoms with Gasteiger partial charge in [0.1, 0.15) is 12.4 Å². The second kappa shape index (κ2) is 17.8. The predicted molar refractivity (Wildman–Crippen MR) is 212 cm³/mol. The standard InChI is InChI=1S/C42H42ClF2N7O5/c1-26-4-6-27(7-5-26)22-34(53)36(55)47-25-41(2,3)24-46-35(54)29-10-16-32(17-11-29)48-38-49-39(52-42(20-21-42)30-12-14-31(43)15-13-30)51-40(50-38)56-23-28-8-18-33(19-9-28)57-37(44)45/h4-19,37H,20-25H2,1-3H3,(H,46,54)(H,47,55)(H2,48,49,50,51,52). The highest BCUT2D eigenvalue weighted by atomic mass is 35.5. The Bertz CT molecular complexity index is 2180. The zero-order valence-electron chi connectivity index (χ0n) is 31.6. The third-order valence-corrected chi connectivity index (χ3v) is 9.48. The molecule has 0 atom stereocenters. The third kappa shape index (κ3) is 11.7. The van der Waals surface area contributed by atoms with E-state index in [1.165, 1.54) is 12.1 Å². The fraction of sp³-hybridized carbons (Fsp3) is 0.286. The van der Waals surface area contributed by atoms with Gasteiger partial charge in [0, 0.05) is 35.8 Å². The molecule has 4 aromatic carbocycles. The SMILES string of the molecule is Cc1ccc(CC(=O)C(=O)NCC(C)(C)CNC(=O)c2ccc(Nc3nc(NC4(c5ccc(Cl)cc5)CC4)nc(OCc4ccc(OC(F)F)cc4)n3)cc2)cc1. The number of ketones is 1. The number of rotatable bonds is 18. The minimum absolute atomic E-state index is 0.0136. The average molecular weight is 798 g/mol. The molecule has 4 N–H and O–H groups in total. The average Bonchev–Trinajstić information content (AvgIpc) is 3.97. The van der Waals surface area contributed by atoms with E-state index in [1.54, 1.807) is 36.4 Å². The summed E-state index contributed by atoms with van der Waals surface area (Å²) >= 11 is 6.13. The molecule has 0 spiro atoms. The number of benzene rings is 4. The van der Waals surface area contributed by atoms with E-state index >= 15 is 0 Å². The minimum Gasteiger partial charge on any atom is -0.458 e. The molecule has 1 aromatic heterocycles. The zero-order valence-corrected chi connectivity index (χ0v) is 32.3. The molecule has 1 fully saturated rings. The second-order valence-electron chi connectivity index (χ2n) is 14.6. The first-order valence-corrected chi connectivity index (χ1v) is 18.6. The van der Waals surface area contributed by atoms with E-state index in [2.05, 4.69) is 41.0 Å². The van der Waals surface area contributed by atoms with Crippen LogP contribution in [0.25, 0.3) is 0 Å². The lowest BCUT2D eigenvalue weighted by atomic mass is 9.93. The van der Waals surface area contributed by atoms with Crippen molar-refractivity contribution in [3.05, 3.63) is 130 Å². The summed E-state index contributed by atoms with van der Waals surface area (Å²) in [5.41, 5.74) is 3.59. The van der Waals surface area contributed by atoms with Gasteiger partial charge in [-0.25, -0.2) is 0 Å². The van der Waals surface area contributed by atoms with Gasteiger partial charge in [-0.15, -0.1) is 0 Å². The lowest BCUT2D eigenvalue weighted by molar-refractivity contribution is -0.137. The number of aryl methyl sites for hydroxylation is 1. The van der Waals surface area contributed by atoms with Crippen LogP contribution in [-0.2, 0) is 28.2 Å². The number of hydrogen-bond acceptors (Lipinski definition) is 10. The van der Waals surface area contributed by atoms with Crippen molar-refractivity contribution in [1.29, 1.82) is 0 Å². The number of nitrogens with zero attached hydrogens (tertiary/aromatic N) is 3. The monoisotopic (exact) mass is 797 g/mol. The largest absolute Gasteiger partial charge is 0.458 e. The Morgan fingerprint density at radius 1 is 0.807 bits per heavy atom. The molecule has 0 aliphatic heterocycles. The summed E-state index contributed by atoms with van der Waals surface area (Å²) in [6, 6.07) is 27.8. The molecule has 296 valence electrons. The van der Waals surface area contributed by atoms with Crippen molar-refractivity contribution in [1.82, 2.24) is 25.6 Å². The number of hydrogen-bond donors (Lipinski definition) is 4. The number of carbonyl (C=O) groups excluding carboxylic acids is 3. The van der Waals surface area contributed by atoms with E-state index in [9.17, 15) is 23.2 Å². The molecule has 0 saturated heterocycles. The lowest BCUT2D eigenvalue weighted by Crippen LogP contribution is -2.44. The van der Waals surface area contributed by atoms with Crippen LogP contribution in [0.4, 0.5) is 26.4 Å². The molecule has 2 amide bonds. The first-order valence-electron chi connectivity index (χ1n) is 18.2. The van der Waals surface area contributed by atoms with Crippen LogP contribution in [0.3, 0.4) is 0 Å². The zero-order chi connectivity index (χ0) is 40.6. The molecule has 0 radical (unpaired) electrons. The highest BCUT2D eigenvalue weighted by Gasteiger charge is 2.45. The van der Waals surface area contributed by atoms with Crippen molar-refractivity contribution >= 4 is 46.8 Å². The van der Waals surface area contributed by atoms with Gasteiger partial charge in [0.2, 0.25) is 17.7 Å². The molecular weight excluding hydrogens is 756 g/mol. The predicted octanol–water partition coefficient (Wildman–Crippen LogP) is 7.54. The Hall–Kier alpha value is -6.15. The Balaban J connectivity index is 1.07. The van der Waals surface area contributed by atoms with Crippen molar-refractivity contribution in [2.75, 3.05) is 23.7 Å². The van der Waals surface area contributed by atoms with Crippen molar-refractivity contribution in [2.24, 2.45) is 5.41 Å². The van der Waals surface area contributed by atoms with Crippen LogP contribution >= 0.6 is 11.6 Å². The van der Waals surface area contributed by atoms with Gasteiger partial charge in [0.25, 0.3) is 11.8 Å². The van der Waals surface area contributed by atoms with E-state index in [1.807, 2.05) is 69.3 Å². The number of Topliss-reactive ketones (excluding diaryl/α,β-unsaturated/α-hetero) is 1. The summed E-state index contributed by atoms with van der Waals surface area (Å²) in [6.45, 7) is 3.25. The van der Waals surface area contributed by atoms with Gasteiger partial charge in [-0.1, -0.05) is 79.5 Å². The molecule has 1 heterocycles. The minimum atomic E-state index is -2.93. The molecule has 1 aliphatic carbocycles. The molecule has 6 rings (SSSR count). The number of amides is 2. The van der Waals surface area contributed by atoms with Crippen molar-refractivity contribution < 1.29 is 32.6 Å². The van der Waals surface area contributed by atoms with E-state index < -0.39 is 29.3 Å². The Labute approximate surface area is 333 Å². The van der Waals surface area contributed by atoms with E-state index in [0.717, 1.165) is 29.5 Å². The molecule has 0 bridgehead atoms.